The first-order chi connectivity index (χ1) is 18.6. The van der Waals surface area contributed by atoms with E-state index in [9.17, 15) is 29.1 Å². The number of aromatic hydroxyl groups is 1. The van der Waals surface area contributed by atoms with Crippen molar-refractivity contribution in [1.82, 2.24) is 19.7 Å². The van der Waals surface area contributed by atoms with Crippen LogP contribution in [0.25, 0.3) is 0 Å². The number of fused-ring (bicyclic) bond motifs is 2. The van der Waals surface area contributed by atoms with Crippen molar-refractivity contribution in [3.8, 4) is 5.75 Å². The molecule has 0 bridgehead atoms. The number of carbonyl (C=O) groups excluding carboxylic acids is 4. The molecular formula is C27H26N6O6. The number of rotatable bonds is 6. The van der Waals surface area contributed by atoms with Crippen molar-refractivity contribution in [2.45, 2.75) is 33.0 Å². The van der Waals surface area contributed by atoms with E-state index in [0.717, 1.165) is 0 Å². The molecule has 4 heterocycles. The van der Waals surface area contributed by atoms with E-state index in [4.69, 9.17) is 0 Å². The molecule has 0 saturated carbocycles. The fraction of sp³-hybridized carbons (Fsp3) is 0.259. The molecular weight excluding hydrogens is 504 g/mol. The molecule has 0 atom stereocenters. The predicted molar refractivity (Wildman–Crippen MR) is 141 cm³/mol. The first kappa shape index (κ1) is 25.6. The average Bonchev–Trinajstić information content (AvgIpc) is 3.29. The molecule has 1 aromatic heterocycles. The van der Waals surface area contributed by atoms with E-state index < -0.39 is 28.9 Å². The van der Waals surface area contributed by atoms with Gasteiger partial charge in [-0.1, -0.05) is 6.07 Å². The van der Waals surface area contributed by atoms with Crippen molar-refractivity contribution in [2.75, 3.05) is 18.4 Å². The molecule has 0 fully saturated rings. The molecule has 39 heavy (non-hydrogen) atoms. The van der Waals surface area contributed by atoms with Crippen LogP contribution in [0, 0.1) is 0 Å². The van der Waals surface area contributed by atoms with Gasteiger partial charge >= 0.3 is 0 Å². The minimum absolute atomic E-state index is 0.0382. The molecule has 1 aromatic carbocycles. The van der Waals surface area contributed by atoms with Crippen molar-refractivity contribution in [3.63, 3.8) is 0 Å². The molecule has 0 saturated heterocycles. The Kier molecular flexibility index (Phi) is 6.60. The molecule has 3 N–H and O–H groups in total. The fourth-order valence-corrected chi connectivity index (χ4v) is 4.64. The van der Waals surface area contributed by atoms with Crippen LogP contribution in [0.3, 0.4) is 0 Å². The molecule has 0 radical (unpaired) electrons. The third kappa shape index (κ3) is 4.83. The van der Waals surface area contributed by atoms with E-state index in [2.05, 4.69) is 15.6 Å². The summed E-state index contributed by atoms with van der Waals surface area (Å²) in [5.74, 6) is -1.72. The van der Waals surface area contributed by atoms with Gasteiger partial charge in [0.1, 0.15) is 12.4 Å². The number of aromatic nitrogens is 1. The summed E-state index contributed by atoms with van der Waals surface area (Å²) in [6, 6.07) is 7.40. The van der Waals surface area contributed by atoms with Crippen molar-refractivity contribution < 1.29 is 24.3 Å². The first-order valence-corrected chi connectivity index (χ1v) is 12.4. The monoisotopic (exact) mass is 530 g/mol. The van der Waals surface area contributed by atoms with Crippen LogP contribution in [0.15, 0.2) is 64.0 Å². The van der Waals surface area contributed by atoms with Gasteiger partial charge in [0.25, 0.3) is 23.6 Å². The normalized spacial score (nSPS) is 16.1. The van der Waals surface area contributed by atoms with Gasteiger partial charge in [-0.05, 0) is 44.2 Å². The molecule has 3 aliphatic rings. The molecule has 3 aliphatic heterocycles. The number of amidine groups is 1. The maximum absolute atomic E-state index is 12.9. The Bertz CT molecular complexity index is 1570. The minimum Gasteiger partial charge on any atom is -0.503 e. The zero-order valence-corrected chi connectivity index (χ0v) is 21.3. The third-order valence-corrected chi connectivity index (χ3v) is 6.67. The summed E-state index contributed by atoms with van der Waals surface area (Å²) >= 11 is 0. The first-order valence-electron chi connectivity index (χ1n) is 12.4. The summed E-state index contributed by atoms with van der Waals surface area (Å²) in [6.07, 6.45) is 4.57. The topological polar surface area (TPSA) is 153 Å². The Morgan fingerprint density at radius 3 is 2.64 bits per heavy atom. The summed E-state index contributed by atoms with van der Waals surface area (Å²) in [5, 5.41) is 15.8. The van der Waals surface area contributed by atoms with E-state index in [-0.39, 0.29) is 41.9 Å². The van der Waals surface area contributed by atoms with Gasteiger partial charge in [0.05, 0.1) is 12.1 Å². The molecule has 4 amide bonds. The zero-order chi connectivity index (χ0) is 27.8. The molecule has 0 unspecified atom stereocenters. The second-order valence-electron chi connectivity index (χ2n) is 9.51. The fourth-order valence-electron chi connectivity index (χ4n) is 4.64. The van der Waals surface area contributed by atoms with Crippen molar-refractivity contribution >= 4 is 35.2 Å². The van der Waals surface area contributed by atoms with E-state index >= 15 is 0 Å². The number of aliphatic imine (C=N–C) groups is 1. The van der Waals surface area contributed by atoms with E-state index in [1.54, 1.807) is 39.8 Å². The number of hydrogen-bond donors (Lipinski definition) is 3. The molecule has 2 aromatic rings. The third-order valence-electron chi connectivity index (χ3n) is 6.67. The molecule has 12 nitrogen and oxygen atoms in total. The maximum Gasteiger partial charge on any atom is 0.274 e. The number of hydrogen-bond acceptors (Lipinski definition) is 7. The summed E-state index contributed by atoms with van der Waals surface area (Å²) in [5.41, 5.74) is 0.481. The summed E-state index contributed by atoms with van der Waals surface area (Å²) in [4.78, 5) is 69.8. The van der Waals surface area contributed by atoms with Crippen LogP contribution >= 0.6 is 0 Å². The number of nitrogens with one attached hydrogen (secondary N) is 2. The molecule has 0 aliphatic carbocycles. The largest absolute Gasteiger partial charge is 0.503 e. The highest BCUT2D eigenvalue weighted by molar-refractivity contribution is 6.15. The lowest BCUT2D eigenvalue weighted by atomic mass is 10.1. The number of anilines is 1. The summed E-state index contributed by atoms with van der Waals surface area (Å²) in [7, 11) is 0. The Hall–Kier alpha value is -5.00. The van der Waals surface area contributed by atoms with E-state index in [1.807, 2.05) is 13.8 Å². The average molecular weight is 531 g/mol. The quantitative estimate of drug-likeness (QED) is 0.506. The van der Waals surface area contributed by atoms with E-state index in [0.29, 0.717) is 30.3 Å². The molecule has 200 valence electrons. The van der Waals surface area contributed by atoms with Gasteiger partial charge in [-0.25, -0.2) is 0 Å². The Morgan fingerprint density at radius 2 is 1.87 bits per heavy atom. The maximum atomic E-state index is 12.9. The van der Waals surface area contributed by atoms with Crippen LogP contribution in [0.4, 0.5) is 5.69 Å². The van der Waals surface area contributed by atoms with Crippen LogP contribution in [-0.2, 0) is 22.7 Å². The van der Waals surface area contributed by atoms with Crippen molar-refractivity contribution in [1.29, 1.82) is 0 Å². The van der Waals surface area contributed by atoms with Gasteiger partial charge < -0.3 is 25.2 Å². The number of carbonyl (C=O) groups is 4. The highest BCUT2D eigenvalue weighted by Gasteiger charge is 2.31. The molecule has 0 spiro atoms. The number of nitrogens with zero attached hydrogens (tertiary/aromatic N) is 4. The zero-order valence-electron chi connectivity index (χ0n) is 21.3. The van der Waals surface area contributed by atoms with Gasteiger partial charge in [0.15, 0.2) is 11.4 Å². The molecule has 12 heteroatoms. The number of pyridine rings is 1. The van der Waals surface area contributed by atoms with Crippen LogP contribution in [0.2, 0.25) is 0 Å². The smallest absolute Gasteiger partial charge is 0.274 e. The Morgan fingerprint density at radius 1 is 1.08 bits per heavy atom. The number of benzene rings is 1. The van der Waals surface area contributed by atoms with Gasteiger partial charge in [-0.2, -0.15) is 0 Å². The lowest BCUT2D eigenvalue weighted by molar-refractivity contribution is -0.123. The van der Waals surface area contributed by atoms with Crippen LogP contribution in [0.1, 0.15) is 40.4 Å². The highest BCUT2D eigenvalue weighted by atomic mass is 16.3. The summed E-state index contributed by atoms with van der Waals surface area (Å²) < 4.78 is 1.56. The van der Waals surface area contributed by atoms with E-state index in [1.165, 1.54) is 23.2 Å². The Balaban J connectivity index is 1.29. The lowest BCUT2D eigenvalue weighted by Gasteiger charge is -2.34. The lowest BCUT2D eigenvalue weighted by Crippen LogP contribution is -2.46. The van der Waals surface area contributed by atoms with Gasteiger partial charge in [-0.15, -0.1) is 0 Å². The highest BCUT2D eigenvalue weighted by Crippen LogP contribution is 2.23. The summed E-state index contributed by atoms with van der Waals surface area (Å²) in [6.45, 7) is 4.45. The van der Waals surface area contributed by atoms with Gasteiger partial charge in [-0.3, -0.25) is 33.9 Å². The number of amides is 4. The van der Waals surface area contributed by atoms with Gasteiger partial charge in [0, 0.05) is 48.3 Å². The standard InChI is InChI=1S/C27H26N6O6/c1-15(2)31-8-9-32-19(11-20(34)24(36)23(32)27(31)39)12-29-25(37)16-4-3-5-18(10-16)30-26(38)17-6-7-21-28-13-22(35)33(21)14-17/h3-7,10-11,14-15,36H,8-9,12-13H2,1-2H3,(H,29,37)(H,30,38). The van der Waals surface area contributed by atoms with Gasteiger partial charge in [0.2, 0.25) is 5.43 Å². The van der Waals surface area contributed by atoms with Crippen LogP contribution < -0.4 is 16.1 Å². The van der Waals surface area contributed by atoms with Crippen LogP contribution in [-0.4, -0.2) is 68.1 Å². The van der Waals surface area contributed by atoms with Crippen molar-refractivity contribution in [3.05, 3.63) is 81.4 Å². The predicted octanol–water partition coefficient (Wildman–Crippen LogP) is 0.981. The molecule has 5 rings (SSSR count). The SMILES string of the molecule is CC(C)N1CCn2c(CNC(=O)c3cccc(NC(=O)C4=CN5C(=O)CN=C5C=C4)c3)cc(=O)c(O)c2C1=O. The second-order valence-corrected chi connectivity index (χ2v) is 9.51. The van der Waals surface area contributed by atoms with Crippen LogP contribution in [0.5, 0.6) is 5.75 Å². The van der Waals surface area contributed by atoms with Crippen molar-refractivity contribution in [2.24, 2.45) is 4.99 Å². The second kappa shape index (κ2) is 10.0. The minimum atomic E-state index is -0.700. The Labute approximate surface area is 222 Å².